The zero-order valence-electron chi connectivity index (χ0n) is 47.5. The number of esters is 3. The maximum Gasteiger partial charge on any atom is 0.335 e. The number of carbonyl (C=O) groups excluding carboxylic acids is 3. The topological polar surface area (TPSA) is 175 Å². The van der Waals surface area contributed by atoms with E-state index in [1.54, 1.807) is 0 Å². The number of aliphatic hydroxyl groups excluding tert-OH is 2. The summed E-state index contributed by atoms with van der Waals surface area (Å²) in [5.74, 6) is -3.18. The molecule has 1 saturated heterocycles. The van der Waals surface area contributed by atoms with Gasteiger partial charge in [0.1, 0.15) is 18.8 Å². The Morgan fingerprint density at radius 1 is 0.453 bits per heavy atom. The zero-order chi connectivity index (χ0) is 54.7. The first-order valence-corrected chi connectivity index (χ1v) is 30.3. The molecule has 6 unspecified atom stereocenters. The summed E-state index contributed by atoms with van der Waals surface area (Å²) in [6.45, 7) is 5.84. The van der Waals surface area contributed by atoms with Crippen molar-refractivity contribution in [2.45, 2.75) is 302 Å². The highest BCUT2D eigenvalue weighted by Gasteiger charge is 2.50. The normalized spacial score (nSPS) is 18.5. The SMILES string of the molecule is CC/C=C\C/C=C\C/C=C\C/C=C\C/C=C\CCCC(=O)OCC(COC1OC(C(=O)O)C(O)C(O)C1OC(=O)CCCCCCCCCCCCCCCCCCC)OC(=O)CCCCCCCCCCCCC. The predicted octanol–water partition coefficient (Wildman–Crippen LogP) is 15.6. The molecule has 0 saturated carbocycles. The van der Waals surface area contributed by atoms with E-state index < -0.39 is 67.3 Å². The van der Waals surface area contributed by atoms with Crippen molar-refractivity contribution < 1.29 is 58.2 Å². The molecule has 1 fully saturated rings. The summed E-state index contributed by atoms with van der Waals surface area (Å²) in [5.41, 5.74) is 0. The van der Waals surface area contributed by atoms with Gasteiger partial charge < -0.3 is 39.0 Å². The first-order valence-electron chi connectivity index (χ1n) is 30.3. The van der Waals surface area contributed by atoms with E-state index in [1.165, 1.54) is 122 Å². The lowest BCUT2D eigenvalue weighted by Crippen LogP contribution is -2.61. The lowest BCUT2D eigenvalue weighted by Gasteiger charge is -2.40. The largest absolute Gasteiger partial charge is 0.479 e. The van der Waals surface area contributed by atoms with Crippen LogP contribution >= 0.6 is 0 Å². The minimum Gasteiger partial charge on any atom is -0.479 e. The quantitative estimate of drug-likeness (QED) is 0.0228. The van der Waals surface area contributed by atoms with Crippen LogP contribution in [0.25, 0.3) is 0 Å². The van der Waals surface area contributed by atoms with E-state index in [4.69, 9.17) is 23.7 Å². The summed E-state index contributed by atoms with van der Waals surface area (Å²) < 4.78 is 28.4. The van der Waals surface area contributed by atoms with Gasteiger partial charge in [-0.2, -0.15) is 0 Å². The van der Waals surface area contributed by atoms with Crippen LogP contribution in [-0.2, 0) is 42.9 Å². The molecule has 12 nitrogen and oxygen atoms in total. The Labute approximate surface area is 456 Å². The van der Waals surface area contributed by atoms with Crippen molar-refractivity contribution in [1.82, 2.24) is 0 Å². The second-order valence-corrected chi connectivity index (χ2v) is 20.6. The standard InChI is InChI=1S/C63H108O12/c1-4-7-10-13-16-19-22-24-26-28-30-32-35-37-40-43-46-49-55(64)71-52-54(73-56(65)50-47-44-41-38-34-21-18-15-12-9-6-3)53-72-63-61(59(68)58(67)60(75-63)62(69)70)74-57(66)51-48-45-42-39-36-33-31-29-27-25-23-20-17-14-11-8-5-2/h7,10,16,19,24,26,30,32,37,40,54,58-61,63,67-68H,4-6,8-9,11-15,17-18,20-23,25,27-29,31,33-36,38-39,41-53H2,1-3H3,(H,69,70)/b10-7-,19-16-,26-24-,32-30-,40-37-. The molecule has 0 bridgehead atoms. The summed E-state index contributed by atoms with van der Waals surface area (Å²) >= 11 is 0. The van der Waals surface area contributed by atoms with Crippen LogP contribution < -0.4 is 0 Å². The Bertz CT molecular complexity index is 1540. The van der Waals surface area contributed by atoms with Gasteiger partial charge in [-0.25, -0.2) is 4.79 Å². The van der Waals surface area contributed by atoms with Gasteiger partial charge in [0.25, 0.3) is 0 Å². The number of aliphatic carboxylic acids is 1. The molecule has 0 aromatic heterocycles. The van der Waals surface area contributed by atoms with E-state index in [1.807, 2.05) is 6.08 Å². The van der Waals surface area contributed by atoms with Crippen LogP contribution in [0.15, 0.2) is 60.8 Å². The fraction of sp³-hybridized carbons (Fsp3) is 0.778. The van der Waals surface area contributed by atoms with Crippen molar-refractivity contribution >= 4 is 23.9 Å². The van der Waals surface area contributed by atoms with Crippen molar-refractivity contribution in [2.75, 3.05) is 13.2 Å². The summed E-state index contributed by atoms with van der Waals surface area (Å²) in [5, 5.41) is 31.5. The molecule has 0 aromatic rings. The maximum absolute atomic E-state index is 13.1. The average molecular weight is 1060 g/mol. The monoisotopic (exact) mass is 1060 g/mol. The molecule has 0 spiro atoms. The van der Waals surface area contributed by atoms with Gasteiger partial charge in [0.2, 0.25) is 0 Å². The van der Waals surface area contributed by atoms with Crippen molar-refractivity contribution in [3.05, 3.63) is 60.8 Å². The number of aliphatic hydroxyl groups is 2. The van der Waals surface area contributed by atoms with E-state index in [0.717, 1.165) is 77.0 Å². The molecule has 0 amide bonds. The Kier molecular flexibility index (Phi) is 47.4. The van der Waals surface area contributed by atoms with Gasteiger partial charge in [0.15, 0.2) is 24.6 Å². The number of unbranched alkanes of at least 4 members (excludes halogenated alkanes) is 27. The molecule has 6 atom stereocenters. The summed E-state index contributed by atoms with van der Waals surface area (Å²) in [6.07, 6.45) is 50.6. The molecular weight excluding hydrogens is 949 g/mol. The van der Waals surface area contributed by atoms with Gasteiger partial charge in [0.05, 0.1) is 6.61 Å². The molecule has 0 radical (unpaired) electrons. The van der Waals surface area contributed by atoms with Crippen LogP contribution in [0.3, 0.4) is 0 Å². The average Bonchev–Trinajstić information content (AvgIpc) is 3.39. The van der Waals surface area contributed by atoms with Gasteiger partial charge in [0, 0.05) is 19.3 Å². The third kappa shape index (κ3) is 41.2. The molecule has 0 aromatic carbocycles. The van der Waals surface area contributed by atoms with Crippen LogP contribution in [0.4, 0.5) is 0 Å². The highest BCUT2D eigenvalue weighted by molar-refractivity contribution is 5.74. The molecule has 1 heterocycles. The van der Waals surface area contributed by atoms with E-state index in [9.17, 15) is 34.5 Å². The maximum atomic E-state index is 13.1. The molecule has 0 aliphatic carbocycles. The van der Waals surface area contributed by atoms with Gasteiger partial charge in [-0.1, -0.05) is 248 Å². The van der Waals surface area contributed by atoms with E-state index in [-0.39, 0.29) is 25.9 Å². The van der Waals surface area contributed by atoms with Crippen LogP contribution in [0.1, 0.15) is 265 Å². The molecular formula is C63H108O12. The number of ether oxygens (including phenoxy) is 5. The number of carbonyl (C=O) groups is 4. The number of hydrogen-bond acceptors (Lipinski definition) is 11. The van der Waals surface area contributed by atoms with Crippen LogP contribution in [0.5, 0.6) is 0 Å². The fourth-order valence-electron chi connectivity index (χ4n) is 8.99. The lowest BCUT2D eigenvalue weighted by molar-refractivity contribution is -0.301. The molecule has 1 rings (SSSR count). The third-order valence-electron chi connectivity index (χ3n) is 13.6. The Hall–Kier alpha value is -3.58. The minimum atomic E-state index is -1.91. The van der Waals surface area contributed by atoms with Crippen LogP contribution in [0, 0.1) is 0 Å². The first-order chi connectivity index (χ1) is 36.6. The van der Waals surface area contributed by atoms with Crippen molar-refractivity contribution in [3.63, 3.8) is 0 Å². The first kappa shape index (κ1) is 69.4. The molecule has 1 aliphatic heterocycles. The van der Waals surface area contributed by atoms with Gasteiger partial charge in [-0.15, -0.1) is 0 Å². The summed E-state index contributed by atoms with van der Waals surface area (Å²) in [6, 6.07) is 0. The molecule has 75 heavy (non-hydrogen) atoms. The molecule has 432 valence electrons. The van der Waals surface area contributed by atoms with Crippen molar-refractivity contribution in [1.29, 1.82) is 0 Å². The number of allylic oxidation sites excluding steroid dienone is 10. The lowest BCUT2D eigenvalue weighted by atomic mass is 9.98. The summed E-state index contributed by atoms with van der Waals surface area (Å²) in [7, 11) is 0. The number of hydrogen-bond donors (Lipinski definition) is 3. The number of carboxylic acid groups (broad SMARTS) is 1. The second kappa shape index (κ2) is 51.2. The minimum absolute atomic E-state index is 0.0588. The molecule has 1 aliphatic rings. The van der Waals surface area contributed by atoms with Crippen molar-refractivity contribution in [2.24, 2.45) is 0 Å². The Balaban J connectivity index is 2.68. The highest BCUT2D eigenvalue weighted by atomic mass is 16.7. The van der Waals surface area contributed by atoms with E-state index in [0.29, 0.717) is 25.7 Å². The van der Waals surface area contributed by atoms with Crippen LogP contribution in [0.2, 0.25) is 0 Å². The van der Waals surface area contributed by atoms with Crippen LogP contribution in [-0.4, -0.2) is 89.2 Å². The molecule has 3 N–H and O–H groups in total. The molecule has 12 heteroatoms. The second-order valence-electron chi connectivity index (χ2n) is 20.6. The van der Waals surface area contributed by atoms with Crippen molar-refractivity contribution in [3.8, 4) is 0 Å². The Morgan fingerprint density at radius 3 is 1.27 bits per heavy atom. The smallest absolute Gasteiger partial charge is 0.335 e. The number of carboxylic acids is 1. The Morgan fingerprint density at radius 2 is 0.840 bits per heavy atom. The summed E-state index contributed by atoms with van der Waals surface area (Å²) in [4.78, 5) is 51.1. The van der Waals surface area contributed by atoms with Gasteiger partial charge in [-0.05, 0) is 57.8 Å². The number of rotatable bonds is 51. The predicted molar refractivity (Wildman–Crippen MR) is 303 cm³/mol. The van der Waals surface area contributed by atoms with Gasteiger partial charge >= 0.3 is 23.9 Å². The third-order valence-corrected chi connectivity index (χ3v) is 13.6. The van der Waals surface area contributed by atoms with E-state index >= 15 is 0 Å². The van der Waals surface area contributed by atoms with E-state index in [2.05, 4.69) is 75.5 Å². The van der Waals surface area contributed by atoms with Gasteiger partial charge in [-0.3, -0.25) is 14.4 Å². The zero-order valence-corrected chi connectivity index (χ0v) is 47.5. The fourth-order valence-corrected chi connectivity index (χ4v) is 8.99. The highest BCUT2D eigenvalue weighted by Crippen LogP contribution is 2.26.